The van der Waals surface area contributed by atoms with Crippen LogP contribution in [0.5, 0.6) is 0 Å². The van der Waals surface area contributed by atoms with E-state index in [1.165, 1.54) is 6.07 Å². The minimum absolute atomic E-state index is 0.00942. The Morgan fingerprint density at radius 2 is 1.96 bits per heavy atom. The molecule has 0 saturated carbocycles. The summed E-state index contributed by atoms with van der Waals surface area (Å²) in [5, 5.41) is 2.80. The van der Waals surface area contributed by atoms with E-state index in [1.807, 2.05) is 0 Å². The zero-order valence-electron chi connectivity index (χ0n) is 14.6. The number of likely N-dealkylation sites (tertiary alicyclic amines) is 1. The van der Waals surface area contributed by atoms with Crippen LogP contribution in [-0.2, 0) is 9.53 Å². The number of nitrogens with one attached hydrogen (secondary N) is 1. The number of halogens is 1. The fourth-order valence-electron chi connectivity index (χ4n) is 2.93. The van der Waals surface area contributed by atoms with Crippen LogP contribution in [-0.4, -0.2) is 41.6 Å². The van der Waals surface area contributed by atoms with Gasteiger partial charge in [-0.15, -0.1) is 0 Å². The first-order valence-corrected chi connectivity index (χ1v) is 8.23. The molecule has 0 bridgehead atoms. The number of hydrogen-bond donors (Lipinski definition) is 1. The molecule has 0 aromatic heterocycles. The smallest absolute Gasteiger partial charge is 0.407 e. The molecule has 132 valence electrons. The fraction of sp³-hybridized carbons (Fsp3) is 0.556. The zero-order chi connectivity index (χ0) is 17.9. The molecule has 0 unspecified atom stereocenters. The van der Waals surface area contributed by atoms with E-state index >= 15 is 0 Å². The summed E-state index contributed by atoms with van der Waals surface area (Å²) in [6.07, 6.45) is -0.178. The number of carbonyl (C=O) groups is 2. The summed E-state index contributed by atoms with van der Waals surface area (Å²) < 4.78 is 19.5. The van der Waals surface area contributed by atoms with Gasteiger partial charge in [-0.1, -0.05) is 25.1 Å². The maximum atomic E-state index is 14.2. The summed E-state index contributed by atoms with van der Waals surface area (Å²) in [7, 11) is 0. The van der Waals surface area contributed by atoms with Gasteiger partial charge in [0.05, 0.1) is 6.04 Å². The number of rotatable bonds is 3. The molecule has 2 amide bonds. The highest BCUT2D eigenvalue weighted by Gasteiger charge is 2.38. The van der Waals surface area contributed by atoms with Crippen LogP contribution >= 0.6 is 0 Å². The predicted molar refractivity (Wildman–Crippen MR) is 89.2 cm³/mol. The van der Waals surface area contributed by atoms with Gasteiger partial charge in [0.15, 0.2) is 0 Å². The second kappa shape index (κ2) is 7.20. The molecule has 0 aliphatic carbocycles. The van der Waals surface area contributed by atoms with Gasteiger partial charge >= 0.3 is 6.09 Å². The van der Waals surface area contributed by atoms with Gasteiger partial charge in [0.25, 0.3) is 0 Å². The van der Waals surface area contributed by atoms with Gasteiger partial charge in [0, 0.05) is 25.4 Å². The third-order valence-electron chi connectivity index (χ3n) is 3.98. The number of amides is 2. The van der Waals surface area contributed by atoms with Crippen molar-refractivity contribution < 1.29 is 18.7 Å². The molecular formula is C18H25FN2O3. The summed E-state index contributed by atoms with van der Waals surface area (Å²) in [5.41, 5.74) is -0.111. The summed E-state index contributed by atoms with van der Waals surface area (Å²) in [6, 6.07) is 6.09. The maximum absolute atomic E-state index is 14.2. The molecule has 1 aliphatic heterocycles. The lowest BCUT2D eigenvalue weighted by atomic mass is 9.94. The first-order valence-electron chi connectivity index (χ1n) is 8.23. The second-order valence-electron chi connectivity index (χ2n) is 7.03. The van der Waals surface area contributed by atoms with Gasteiger partial charge in [0.2, 0.25) is 5.91 Å². The molecule has 1 aromatic carbocycles. The van der Waals surface area contributed by atoms with E-state index in [-0.39, 0.29) is 23.7 Å². The largest absolute Gasteiger partial charge is 0.444 e. The van der Waals surface area contributed by atoms with Crippen LogP contribution in [0.15, 0.2) is 24.3 Å². The number of alkyl carbamates (subject to hydrolysis) is 1. The first-order chi connectivity index (χ1) is 11.2. The molecule has 2 rings (SSSR count). The molecule has 1 heterocycles. The van der Waals surface area contributed by atoms with E-state index in [0.717, 1.165) is 0 Å². The molecule has 1 fully saturated rings. The predicted octanol–water partition coefficient (Wildman–Crippen LogP) is 3.05. The number of nitrogens with zero attached hydrogens (tertiary/aromatic N) is 1. The molecule has 1 aliphatic rings. The molecule has 0 spiro atoms. The Kier molecular flexibility index (Phi) is 5.47. The minimum atomic E-state index is -0.616. The lowest BCUT2D eigenvalue weighted by Crippen LogP contribution is -2.43. The summed E-state index contributed by atoms with van der Waals surface area (Å²) in [5.74, 6) is -0.636. The topological polar surface area (TPSA) is 58.6 Å². The Hall–Kier alpha value is -2.11. The average Bonchev–Trinajstić information content (AvgIpc) is 2.88. The van der Waals surface area contributed by atoms with Crippen LogP contribution in [0.4, 0.5) is 9.18 Å². The van der Waals surface area contributed by atoms with E-state index < -0.39 is 11.7 Å². The highest BCUT2D eigenvalue weighted by Crippen LogP contribution is 2.30. The third kappa shape index (κ3) is 4.46. The van der Waals surface area contributed by atoms with Crippen molar-refractivity contribution in [2.24, 2.45) is 0 Å². The number of ether oxygens (including phenoxy) is 1. The Balaban J connectivity index is 2.20. The van der Waals surface area contributed by atoms with Crippen molar-refractivity contribution in [3.63, 3.8) is 0 Å². The average molecular weight is 336 g/mol. The minimum Gasteiger partial charge on any atom is -0.444 e. The fourth-order valence-corrected chi connectivity index (χ4v) is 2.93. The van der Waals surface area contributed by atoms with Crippen molar-refractivity contribution in [2.45, 2.75) is 51.7 Å². The maximum Gasteiger partial charge on any atom is 0.407 e. The molecule has 1 aromatic rings. The highest BCUT2D eigenvalue weighted by atomic mass is 19.1. The monoisotopic (exact) mass is 336 g/mol. The van der Waals surface area contributed by atoms with Crippen LogP contribution in [0.3, 0.4) is 0 Å². The van der Waals surface area contributed by atoms with E-state index in [4.69, 9.17) is 4.74 Å². The molecule has 2 atom stereocenters. The summed E-state index contributed by atoms with van der Waals surface area (Å²) in [4.78, 5) is 25.8. The Labute approximate surface area is 142 Å². The summed E-state index contributed by atoms with van der Waals surface area (Å²) in [6.45, 7) is 7.86. The summed E-state index contributed by atoms with van der Waals surface area (Å²) >= 11 is 0. The van der Waals surface area contributed by atoms with Crippen molar-refractivity contribution in [1.82, 2.24) is 10.2 Å². The van der Waals surface area contributed by atoms with Crippen molar-refractivity contribution in [3.8, 4) is 0 Å². The van der Waals surface area contributed by atoms with Crippen LogP contribution in [0.1, 0.15) is 45.6 Å². The lowest BCUT2D eigenvalue weighted by molar-refractivity contribution is -0.129. The standard InChI is InChI=1S/C18H25FN2O3/c1-5-16(22)21-10-13(12-8-6-7-9-14(12)19)15(11-21)20-17(23)24-18(2,3)4/h6-9,13,15H,5,10-11H2,1-4H3,(H,20,23)/t13-,15+/m1/s1. The molecule has 1 saturated heterocycles. The molecule has 24 heavy (non-hydrogen) atoms. The van der Waals surface area contributed by atoms with Crippen LogP contribution in [0.2, 0.25) is 0 Å². The van der Waals surface area contributed by atoms with E-state index in [0.29, 0.717) is 25.1 Å². The quantitative estimate of drug-likeness (QED) is 0.923. The number of benzene rings is 1. The normalized spacial score (nSPS) is 20.8. The zero-order valence-corrected chi connectivity index (χ0v) is 14.6. The van der Waals surface area contributed by atoms with Gasteiger partial charge in [-0.05, 0) is 32.4 Å². The van der Waals surface area contributed by atoms with Crippen molar-refractivity contribution >= 4 is 12.0 Å². The third-order valence-corrected chi connectivity index (χ3v) is 3.98. The molecule has 1 N–H and O–H groups in total. The van der Waals surface area contributed by atoms with E-state index in [9.17, 15) is 14.0 Å². The van der Waals surface area contributed by atoms with Gasteiger partial charge in [0.1, 0.15) is 11.4 Å². The molecule has 5 nitrogen and oxygen atoms in total. The van der Waals surface area contributed by atoms with Crippen LogP contribution < -0.4 is 5.32 Å². The highest BCUT2D eigenvalue weighted by molar-refractivity contribution is 5.77. The Morgan fingerprint density at radius 3 is 2.54 bits per heavy atom. The SMILES string of the molecule is CCC(=O)N1C[C@H](NC(=O)OC(C)(C)C)[C@@H](c2ccccc2F)C1. The van der Waals surface area contributed by atoms with Gasteiger partial charge in [-0.3, -0.25) is 4.79 Å². The van der Waals surface area contributed by atoms with Gasteiger partial charge < -0.3 is 15.0 Å². The van der Waals surface area contributed by atoms with E-state index in [1.54, 1.807) is 50.8 Å². The molecular weight excluding hydrogens is 311 g/mol. The van der Waals surface area contributed by atoms with Gasteiger partial charge in [-0.25, -0.2) is 9.18 Å². The Morgan fingerprint density at radius 1 is 1.29 bits per heavy atom. The van der Waals surface area contributed by atoms with Gasteiger partial charge in [-0.2, -0.15) is 0 Å². The number of carbonyl (C=O) groups excluding carboxylic acids is 2. The van der Waals surface area contributed by atoms with Crippen LogP contribution in [0, 0.1) is 5.82 Å². The van der Waals surface area contributed by atoms with Crippen LogP contribution in [0.25, 0.3) is 0 Å². The van der Waals surface area contributed by atoms with Crippen molar-refractivity contribution in [1.29, 1.82) is 0 Å². The van der Waals surface area contributed by atoms with Crippen molar-refractivity contribution in [3.05, 3.63) is 35.6 Å². The van der Waals surface area contributed by atoms with Crippen molar-refractivity contribution in [2.75, 3.05) is 13.1 Å². The number of hydrogen-bond acceptors (Lipinski definition) is 3. The Bertz CT molecular complexity index is 613. The second-order valence-corrected chi connectivity index (χ2v) is 7.03. The van der Waals surface area contributed by atoms with E-state index in [2.05, 4.69) is 5.32 Å². The first kappa shape index (κ1) is 18.2. The molecule has 0 radical (unpaired) electrons. The lowest BCUT2D eigenvalue weighted by Gasteiger charge is -2.24. The molecule has 6 heteroatoms.